The first kappa shape index (κ1) is 24.5. The summed E-state index contributed by atoms with van der Waals surface area (Å²) in [4.78, 5) is 32.9. The normalized spacial score (nSPS) is 18.1. The van der Waals surface area contributed by atoms with Gasteiger partial charge in [0.1, 0.15) is 5.82 Å². The molecule has 188 valence electrons. The van der Waals surface area contributed by atoms with Crippen molar-refractivity contribution >= 4 is 29.0 Å². The molecule has 6 nitrogen and oxygen atoms in total. The number of nitrogens with zero attached hydrogens (tertiary/aromatic N) is 3. The Morgan fingerprint density at radius 1 is 1.00 bits per heavy atom. The van der Waals surface area contributed by atoms with Gasteiger partial charge in [-0.2, -0.15) is 0 Å². The molecule has 3 amide bonds. The van der Waals surface area contributed by atoms with Gasteiger partial charge in [0.15, 0.2) is 0 Å². The van der Waals surface area contributed by atoms with Crippen LogP contribution in [0.1, 0.15) is 34.0 Å². The van der Waals surface area contributed by atoms with Crippen LogP contribution in [0.25, 0.3) is 0 Å². The summed E-state index contributed by atoms with van der Waals surface area (Å²) in [6, 6.07) is 16.5. The Balaban J connectivity index is 1.16. The highest BCUT2D eigenvalue weighted by Crippen LogP contribution is 2.38. The number of halogens is 1. The van der Waals surface area contributed by atoms with Crippen molar-refractivity contribution in [2.75, 3.05) is 44.6 Å². The minimum absolute atomic E-state index is 0.0363. The zero-order valence-corrected chi connectivity index (χ0v) is 21.3. The summed E-state index contributed by atoms with van der Waals surface area (Å²) in [6.07, 6.45) is 1.35. The van der Waals surface area contributed by atoms with E-state index in [1.165, 1.54) is 16.5 Å². The number of piperazine rings is 1. The summed E-state index contributed by atoms with van der Waals surface area (Å²) in [5.74, 6) is -0.141. The van der Waals surface area contributed by atoms with Crippen molar-refractivity contribution in [3.8, 4) is 0 Å². The highest BCUT2D eigenvalue weighted by molar-refractivity contribution is 7.10. The third kappa shape index (κ3) is 5.44. The highest BCUT2D eigenvalue weighted by Gasteiger charge is 2.31. The number of hydrogen-bond donors (Lipinski definition) is 1. The van der Waals surface area contributed by atoms with Crippen molar-refractivity contribution in [1.82, 2.24) is 14.7 Å². The maximum Gasteiger partial charge on any atom is 0.321 e. The first-order valence-electron chi connectivity index (χ1n) is 12.4. The van der Waals surface area contributed by atoms with Crippen molar-refractivity contribution in [2.45, 2.75) is 25.8 Å². The molecule has 2 aliphatic rings. The van der Waals surface area contributed by atoms with Gasteiger partial charge in [-0.1, -0.05) is 29.8 Å². The lowest BCUT2D eigenvalue weighted by Gasteiger charge is -2.38. The number of aryl methyl sites for hydroxylation is 1. The quantitative estimate of drug-likeness (QED) is 0.535. The zero-order chi connectivity index (χ0) is 25.1. The van der Waals surface area contributed by atoms with Gasteiger partial charge < -0.3 is 15.1 Å². The molecule has 0 radical (unpaired) electrons. The SMILES string of the molecule is Cc1ccc(NC(=O)N2CCN(C(=O)CCN3CCc4sccc4C3c3cccc(F)c3)CC2)cc1. The topological polar surface area (TPSA) is 55.9 Å². The number of carbonyl (C=O) groups is 2. The van der Waals surface area contributed by atoms with Crippen LogP contribution in [-0.2, 0) is 11.2 Å². The molecule has 8 heteroatoms. The summed E-state index contributed by atoms with van der Waals surface area (Å²) in [5, 5.41) is 5.03. The van der Waals surface area contributed by atoms with E-state index in [2.05, 4.69) is 21.7 Å². The fraction of sp³-hybridized carbons (Fsp3) is 0.357. The fourth-order valence-electron chi connectivity index (χ4n) is 5.07. The number of fused-ring (bicyclic) bond motifs is 1. The molecule has 1 aromatic heterocycles. The standard InChI is InChI=1S/C28H31FN4O2S/c1-20-5-7-23(8-6-20)30-28(35)33-16-14-31(15-17-33)26(34)10-13-32-12-9-25-24(11-18-36-25)27(32)21-3-2-4-22(29)19-21/h2-8,11,18-19,27H,9-10,12-17H2,1H3,(H,30,35). The number of urea groups is 1. The molecule has 0 bridgehead atoms. The largest absolute Gasteiger partial charge is 0.339 e. The molecule has 3 aromatic rings. The molecule has 3 heterocycles. The van der Waals surface area contributed by atoms with Crippen molar-refractivity contribution in [3.05, 3.63) is 87.4 Å². The lowest BCUT2D eigenvalue weighted by atomic mass is 9.93. The number of benzene rings is 2. The Bertz CT molecular complexity index is 1220. The molecule has 1 saturated heterocycles. The van der Waals surface area contributed by atoms with E-state index < -0.39 is 0 Å². The van der Waals surface area contributed by atoms with Crippen LogP contribution in [0, 0.1) is 12.7 Å². The van der Waals surface area contributed by atoms with Crippen molar-refractivity contribution in [3.63, 3.8) is 0 Å². The van der Waals surface area contributed by atoms with E-state index in [-0.39, 0.29) is 23.8 Å². The lowest BCUT2D eigenvalue weighted by molar-refractivity contribution is -0.133. The average Bonchev–Trinajstić information content (AvgIpc) is 3.37. The lowest BCUT2D eigenvalue weighted by Crippen LogP contribution is -2.52. The van der Waals surface area contributed by atoms with Crippen LogP contribution in [0.3, 0.4) is 0 Å². The van der Waals surface area contributed by atoms with Gasteiger partial charge in [0.25, 0.3) is 0 Å². The molecular weight excluding hydrogens is 475 g/mol. The monoisotopic (exact) mass is 506 g/mol. The Morgan fingerprint density at radius 3 is 2.50 bits per heavy atom. The summed E-state index contributed by atoms with van der Waals surface area (Å²) in [7, 11) is 0. The van der Waals surface area contributed by atoms with E-state index in [1.54, 1.807) is 28.4 Å². The second-order valence-corrected chi connectivity index (χ2v) is 10.5. The molecule has 0 saturated carbocycles. The molecule has 1 unspecified atom stereocenters. The number of rotatable bonds is 5. The van der Waals surface area contributed by atoms with Gasteiger partial charge in [-0.3, -0.25) is 9.69 Å². The van der Waals surface area contributed by atoms with E-state index >= 15 is 0 Å². The Labute approximate surface area is 215 Å². The van der Waals surface area contributed by atoms with Crippen LogP contribution in [0.5, 0.6) is 0 Å². The molecule has 1 fully saturated rings. The minimum Gasteiger partial charge on any atom is -0.339 e. The molecule has 1 atom stereocenters. The third-order valence-corrected chi connectivity index (χ3v) is 8.06. The number of carbonyl (C=O) groups excluding carboxylic acids is 2. The first-order chi connectivity index (χ1) is 17.5. The summed E-state index contributed by atoms with van der Waals surface area (Å²) < 4.78 is 14.0. The summed E-state index contributed by atoms with van der Waals surface area (Å²) in [6.45, 7) is 5.55. The maximum atomic E-state index is 14.0. The molecule has 5 rings (SSSR count). The van der Waals surface area contributed by atoms with E-state index in [0.29, 0.717) is 39.1 Å². The van der Waals surface area contributed by atoms with Crippen LogP contribution < -0.4 is 5.32 Å². The Hall–Kier alpha value is -3.23. The Kier molecular flexibility index (Phi) is 7.34. The molecule has 0 aliphatic carbocycles. The van der Waals surface area contributed by atoms with Gasteiger partial charge in [-0.25, -0.2) is 9.18 Å². The zero-order valence-electron chi connectivity index (χ0n) is 20.5. The molecule has 36 heavy (non-hydrogen) atoms. The van der Waals surface area contributed by atoms with Crippen molar-refractivity contribution in [1.29, 1.82) is 0 Å². The van der Waals surface area contributed by atoms with Gasteiger partial charge in [-0.15, -0.1) is 11.3 Å². The molecular formula is C28H31FN4O2S. The smallest absolute Gasteiger partial charge is 0.321 e. The summed E-state index contributed by atoms with van der Waals surface area (Å²) in [5.41, 5.74) is 4.06. The second-order valence-electron chi connectivity index (χ2n) is 9.46. The third-order valence-electron chi connectivity index (χ3n) is 7.07. The molecule has 0 spiro atoms. The molecule has 2 aliphatic heterocycles. The van der Waals surface area contributed by atoms with E-state index in [9.17, 15) is 14.0 Å². The minimum atomic E-state index is -0.241. The number of amides is 3. The predicted octanol–water partition coefficient (Wildman–Crippen LogP) is 4.91. The number of thiophene rings is 1. The van der Waals surface area contributed by atoms with Gasteiger partial charge >= 0.3 is 6.03 Å². The molecule has 1 N–H and O–H groups in total. The van der Waals surface area contributed by atoms with E-state index in [4.69, 9.17) is 0 Å². The van der Waals surface area contributed by atoms with Crippen molar-refractivity contribution < 1.29 is 14.0 Å². The van der Waals surface area contributed by atoms with Crippen LogP contribution >= 0.6 is 11.3 Å². The van der Waals surface area contributed by atoms with Crippen LogP contribution in [0.4, 0.5) is 14.9 Å². The van der Waals surface area contributed by atoms with Crippen LogP contribution in [-0.4, -0.2) is 65.9 Å². The van der Waals surface area contributed by atoms with Gasteiger partial charge in [0.2, 0.25) is 5.91 Å². The molecule has 2 aromatic carbocycles. The van der Waals surface area contributed by atoms with E-state index in [1.807, 2.05) is 42.2 Å². The first-order valence-corrected chi connectivity index (χ1v) is 13.3. The number of anilines is 1. The summed E-state index contributed by atoms with van der Waals surface area (Å²) >= 11 is 1.75. The highest BCUT2D eigenvalue weighted by atomic mass is 32.1. The predicted molar refractivity (Wildman–Crippen MR) is 141 cm³/mol. The Morgan fingerprint density at radius 2 is 1.75 bits per heavy atom. The number of nitrogens with one attached hydrogen (secondary N) is 1. The fourth-order valence-corrected chi connectivity index (χ4v) is 5.98. The van der Waals surface area contributed by atoms with Crippen LogP contribution in [0.15, 0.2) is 60.0 Å². The van der Waals surface area contributed by atoms with Crippen molar-refractivity contribution in [2.24, 2.45) is 0 Å². The average molecular weight is 507 g/mol. The van der Waals surface area contributed by atoms with Gasteiger partial charge in [-0.05, 0) is 60.2 Å². The van der Waals surface area contributed by atoms with Crippen LogP contribution in [0.2, 0.25) is 0 Å². The second kappa shape index (κ2) is 10.8. The van der Waals surface area contributed by atoms with E-state index in [0.717, 1.165) is 29.8 Å². The van der Waals surface area contributed by atoms with Gasteiger partial charge in [0, 0.05) is 56.3 Å². The number of hydrogen-bond acceptors (Lipinski definition) is 4. The maximum absolute atomic E-state index is 14.0. The van der Waals surface area contributed by atoms with Gasteiger partial charge in [0.05, 0.1) is 6.04 Å².